The van der Waals surface area contributed by atoms with Crippen LogP contribution in [0.1, 0.15) is 10.4 Å². The van der Waals surface area contributed by atoms with Crippen molar-refractivity contribution in [2.45, 2.75) is 6.04 Å². The molecule has 0 saturated heterocycles. The predicted molar refractivity (Wildman–Crippen MR) is 104 cm³/mol. The Balaban J connectivity index is 1.88. The van der Waals surface area contributed by atoms with E-state index in [1.54, 1.807) is 29.2 Å². The van der Waals surface area contributed by atoms with E-state index in [2.05, 4.69) is 0 Å². The van der Waals surface area contributed by atoms with Crippen molar-refractivity contribution in [2.24, 2.45) is 0 Å². The zero-order valence-electron chi connectivity index (χ0n) is 15.2. The van der Waals surface area contributed by atoms with E-state index in [9.17, 15) is 13.2 Å². The highest BCUT2D eigenvalue weighted by Gasteiger charge is 2.29. The number of anilines is 1. The smallest absolute Gasteiger partial charge is 0.182 e. The van der Waals surface area contributed by atoms with Gasteiger partial charge >= 0.3 is 0 Å². The molecule has 27 heavy (non-hydrogen) atoms. The van der Waals surface area contributed by atoms with Gasteiger partial charge in [0, 0.05) is 16.7 Å². The van der Waals surface area contributed by atoms with Gasteiger partial charge in [-0.2, -0.15) is 0 Å². The van der Waals surface area contributed by atoms with Crippen LogP contribution in [0.4, 0.5) is 5.69 Å². The van der Waals surface area contributed by atoms with Gasteiger partial charge in [-0.1, -0.05) is 18.2 Å². The first kappa shape index (κ1) is 19.0. The minimum atomic E-state index is -3.24. The molecule has 0 amide bonds. The lowest BCUT2D eigenvalue weighted by atomic mass is 10.1. The molecule has 0 spiro atoms. The summed E-state index contributed by atoms with van der Waals surface area (Å²) in [6.07, 6.45) is 1.63. The van der Waals surface area contributed by atoms with Crippen molar-refractivity contribution in [3.05, 3.63) is 65.6 Å². The highest BCUT2D eigenvalue weighted by Crippen LogP contribution is 2.28. The first-order valence-electron chi connectivity index (χ1n) is 8.41. The van der Waals surface area contributed by atoms with Crippen molar-refractivity contribution in [3.63, 3.8) is 0 Å². The molecule has 0 N–H and O–H groups in total. The summed E-state index contributed by atoms with van der Waals surface area (Å²) in [7, 11) is -0.197. The van der Waals surface area contributed by atoms with Crippen LogP contribution in [0.5, 0.6) is 11.5 Å². The fourth-order valence-corrected chi connectivity index (χ4v) is 4.33. The molecule has 2 aromatic carbocycles. The highest BCUT2D eigenvalue weighted by molar-refractivity contribution is 7.94. The number of Topliss-reactive ketones (excluding diaryl/α,β-unsaturated/α-hetero) is 1. The average molecular weight is 387 g/mol. The fraction of sp³-hybridized carbons (Fsp3) is 0.250. The third-order valence-corrected chi connectivity index (χ3v) is 5.80. The SMILES string of the molecule is COc1ccc(C(=O)CN(c2ccccc2)[C@H]2C=CS(=O)(=O)C2)cc1OC. The lowest BCUT2D eigenvalue weighted by Gasteiger charge is -2.29. The summed E-state index contributed by atoms with van der Waals surface area (Å²) in [5.41, 5.74) is 1.26. The van der Waals surface area contributed by atoms with E-state index in [1.165, 1.54) is 19.6 Å². The summed E-state index contributed by atoms with van der Waals surface area (Å²) >= 11 is 0. The van der Waals surface area contributed by atoms with Crippen LogP contribution in [0.3, 0.4) is 0 Å². The minimum Gasteiger partial charge on any atom is -0.493 e. The van der Waals surface area contributed by atoms with Crippen LogP contribution in [0.2, 0.25) is 0 Å². The van der Waals surface area contributed by atoms with Gasteiger partial charge in [-0.15, -0.1) is 0 Å². The number of hydrogen-bond donors (Lipinski definition) is 0. The van der Waals surface area contributed by atoms with Crippen molar-refractivity contribution in [2.75, 3.05) is 31.4 Å². The van der Waals surface area contributed by atoms with Gasteiger partial charge in [0.25, 0.3) is 0 Å². The molecule has 3 rings (SSSR count). The number of benzene rings is 2. The third-order valence-electron chi connectivity index (χ3n) is 4.42. The van der Waals surface area contributed by atoms with E-state index >= 15 is 0 Å². The second kappa shape index (κ2) is 7.84. The number of sulfone groups is 1. The Labute approximate surface area is 158 Å². The minimum absolute atomic E-state index is 0.0406. The Morgan fingerprint density at radius 3 is 2.37 bits per heavy atom. The first-order chi connectivity index (χ1) is 12.9. The molecule has 7 heteroatoms. The maximum absolute atomic E-state index is 12.9. The summed E-state index contributed by atoms with van der Waals surface area (Å²) in [4.78, 5) is 14.7. The van der Waals surface area contributed by atoms with Crippen LogP contribution in [0, 0.1) is 0 Å². The summed E-state index contributed by atoms with van der Waals surface area (Å²) in [6, 6.07) is 13.9. The second-order valence-corrected chi connectivity index (χ2v) is 8.11. The predicted octanol–water partition coefficient (Wildman–Crippen LogP) is 2.70. The first-order valence-corrected chi connectivity index (χ1v) is 10.1. The summed E-state index contributed by atoms with van der Waals surface area (Å²) < 4.78 is 34.2. The Kier molecular flexibility index (Phi) is 5.51. The molecule has 1 atom stereocenters. The quantitative estimate of drug-likeness (QED) is 0.680. The molecule has 0 fully saturated rings. The van der Waals surface area contributed by atoms with E-state index in [1.807, 2.05) is 30.3 Å². The standard InChI is InChI=1S/C20H21NO5S/c1-25-19-9-8-15(12-20(19)26-2)18(22)13-21(16-6-4-3-5-7-16)17-10-11-27(23,24)14-17/h3-12,17H,13-14H2,1-2H3/t17-/m0/s1. The molecule has 2 aromatic rings. The topological polar surface area (TPSA) is 72.9 Å². The van der Waals surface area contributed by atoms with Crippen LogP contribution in [0.15, 0.2) is 60.0 Å². The van der Waals surface area contributed by atoms with E-state index in [0.29, 0.717) is 17.1 Å². The van der Waals surface area contributed by atoms with Crippen LogP contribution in [-0.4, -0.2) is 46.8 Å². The van der Waals surface area contributed by atoms with E-state index in [-0.39, 0.29) is 24.1 Å². The van der Waals surface area contributed by atoms with Crippen LogP contribution in [0.25, 0.3) is 0 Å². The van der Waals surface area contributed by atoms with E-state index in [0.717, 1.165) is 5.69 Å². The Morgan fingerprint density at radius 1 is 1.07 bits per heavy atom. The molecule has 0 radical (unpaired) electrons. The maximum Gasteiger partial charge on any atom is 0.182 e. The van der Waals surface area contributed by atoms with Crippen molar-refractivity contribution in [1.29, 1.82) is 0 Å². The lowest BCUT2D eigenvalue weighted by Crippen LogP contribution is -2.40. The molecular formula is C20H21NO5S. The maximum atomic E-state index is 12.9. The molecule has 1 heterocycles. The molecule has 6 nitrogen and oxygen atoms in total. The Morgan fingerprint density at radius 2 is 1.78 bits per heavy atom. The van der Waals surface area contributed by atoms with Gasteiger partial charge in [-0.05, 0) is 36.4 Å². The average Bonchev–Trinajstić information content (AvgIpc) is 3.05. The van der Waals surface area contributed by atoms with Gasteiger partial charge in [0.2, 0.25) is 0 Å². The molecular weight excluding hydrogens is 366 g/mol. The van der Waals surface area contributed by atoms with Gasteiger partial charge in [0.05, 0.1) is 32.6 Å². The van der Waals surface area contributed by atoms with Crippen LogP contribution in [-0.2, 0) is 9.84 Å². The number of carbonyl (C=O) groups excluding carboxylic acids is 1. The van der Waals surface area contributed by atoms with E-state index < -0.39 is 9.84 Å². The van der Waals surface area contributed by atoms with Crippen molar-refractivity contribution >= 4 is 21.3 Å². The van der Waals surface area contributed by atoms with Crippen molar-refractivity contribution in [3.8, 4) is 11.5 Å². The summed E-state index contributed by atoms with van der Waals surface area (Å²) in [5, 5.41) is 1.22. The number of hydrogen-bond acceptors (Lipinski definition) is 6. The van der Waals surface area contributed by atoms with E-state index in [4.69, 9.17) is 9.47 Å². The van der Waals surface area contributed by atoms with Crippen molar-refractivity contribution < 1.29 is 22.7 Å². The molecule has 0 unspecified atom stereocenters. The molecule has 0 saturated carbocycles. The largest absolute Gasteiger partial charge is 0.493 e. The number of rotatable bonds is 7. The molecule has 0 aromatic heterocycles. The number of para-hydroxylation sites is 1. The Bertz CT molecular complexity index is 954. The highest BCUT2D eigenvalue weighted by atomic mass is 32.2. The van der Waals surface area contributed by atoms with Gasteiger partial charge in [-0.3, -0.25) is 4.79 Å². The molecule has 1 aliphatic rings. The zero-order valence-corrected chi connectivity index (χ0v) is 16.0. The Hall–Kier alpha value is -2.80. The van der Waals surface area contributed by atoms with Crippen molar-refractivity contribution in [1.82, 2.24) is 0 Å². The molecule has 0 aliphatic carbocycles. The van der Waals surface area contributed by atoms with Gasteiger partial charge < -0.3 is 14.4 Å². The number of ether oxygens (including phenoxy) is 2. The van der Waals surface area contributed by atoms with Gasteiger partial charge in [-0.25, -0.2) is 8.42 Å². The number of carbonyl (C=O) groups is 1. The molecule has 0 bridgehead atoms. The second-order valence-electron chi connectivity index (χ2n) is 6.18. The van der Waals surface area contributed by atoms with Gasteiger partial charge in [0.15, 0.2) is 27.1 Å². The number of methoxy groups -OCH3 is 2. The normalized spacial score (nSPS) is 17.5. The monoisotopic (exact) mass is 387 g/mol. The fourth-order valence-electron chi connectivity index (χ4n) is 3.03. The van der Waals surface area contributed by atoms with Gasteiger partial charge in [0.1, 0.15) is 0 Å². The lowest BCUT2D eigenvalue weighted by molar-refractivity contribution is 0.0997. The van der Waals surface area contributed by atoms with Crippen LogP contribution < -0.4 is 14.4 Å². The number of ketones is 1. The molecule has 142 valence electrons. The number of nitrogens with zero attached hydrogens (tertiary/aromatic N) is 1. The third kappa shape index (κ3) is 4.31. The molecule has 1 aliphatic heterocycles. The zero-order chi connectivity index (χ0) is 19.4. The van der Waals surface area contributed by atoms with Crippen LogP contribution >= 0.6 is 0 Å². The summed E-state index contributed by atoms with van der Waals surface area (Å²) in [6.45, 7) is 0.0457. The summed E-state index contributed by atoms with van der Waals surface area (Å²) in [5.74, 6) is 0.829.